The predicted molar refractivity (Wildman–Crippen MR) is 112 cm³/mol. The van der Waals surface area contributed by atoms with E-state index in [0.29, 0.717) is 22.8 Å². The van der Waals surface area contributed by atoms with Crippen LogP contribution in [0.15, 0.2) is 48.5 Å². The first-order chi connectivity index (χ1) is 13.6. The summed E-state index contributed by atoms with van der Waals surface area (Å²) in [6.45, 7) is 6.05. The molecule has 2 unspecified atom stereocenters. The monoisotopic (exact) mass is 416 g/mol. The van der Waals surface area contributed by atoms with E-state index >= 15 is 0 Å². The average molecular weight is 417 g/mol. The van der Waals surface area contributed by atoms with Gasteiger partial charge in [-0.3, -0.25) is 4.79 Å². The molecule has 2 aromatic carbocycles. The number of β-amino-alcohol motifs (C(OH)–C–C–N with tert-alkyl or cyclic N) is 1. The molecule has 0 radical (unpaired) electrons. The highest BCUT2D eigenvalue weighted by atomic mass is 35.5. The molecule has 1 aliphatic heterocycles. The summed E-state index contributed by atoms with van der Waals surface area (Å²) in [5.74, 6) is -0.435. The third-order valence-electron chi connectivity index (χ3n) is 4.64. The SMILES string of the molecule is CC(C)(C)OC(=O)N1CC(O)C(c2ccc(NC(=O)c3ccc(Cl)cc3)cc2)C1. The molecular formula is C22H25ClN2O4. The maximum atomic E-state index is 12.3. The van der Waals surface area contributed by atoms with Crippen LogP contribution in [0.4, 0.5) is 10.5 Å². The van der Waals surface area contributed by atoms with Crippen molar-refractivity contribution in [1.82, 2.24) is 4.90 Å². The van der Waals surface area contributed by atoms with Gasteiger partial charge in [0.15, 0.2) is 0 Å². The zero-order chi connectivity index (χ0) is 21.2. The van der Waals surface area contributed by atoms with Gasteiger partial charge in [0.2, 0.25) is 0 Å². The van der Waals surface area contributed by atoms with Gasteiger partial charge in [-0.05, 0) is 62.7 Å². The minimum absolute atomic E-state index is 0.205. The second-order valence-electron chi connectivity index (χ2n) is 8.14. The summed E-state index contributed by atoms with van der Waals surface area (Å²) in [5, 5.41) is 13.8. The standard InChI is InChI=1S/C22H25ClN2O4/c1-22(2,3)29-21(28)25-12-18(19(26)13-25)14-6-10-17(11-7-14)24-20(27)15-4-8-16(23)9-5-15/h4-11,18-19,26H,12-13H2,1-3H3,(H,24,27). The van der Waals surface area contributed by atoms with Crippen molar-refractivity contribution in [2.45, 2.75) is 38.4 Å². The van der Waals surface area contributed by atoms with E-state index in [0.717, 1.165) is 5.56 Å². The summed E-state index contributed by atoms with van der Waals surface area (Å²) in [6, 6.07) is 13.9. The topological polar surface area (TPSA) is 78.9 Å². The van der Waals surface area contributed by atoms with Crippen LogP contribution in [0.1, 0.15) is 42.6 Å². The molecule has 2 amide bonds. The zero-order valence-electron chi connectivity index (χ0n) is 16.7. The maximum Gasteiger partial charge on any atom is 0.410 e. The fourth-order valence-electron chi connectivity index (χ4n) is 3.21. The molecule has 1 aliphatic rings. The van der Waals surface area contributed by atoms with E-state index in [1.165, 1.54) is 4.90 Å². The molecule has 0 aromatic heterocycles. The van der Waals surface area contributed by atoms with Gasteiger partial charge in [-0.1, -0.05) is 23.7 Å². The largest absolute Gasteiger partial charge is 0.444 e. The molecule has 2 aromatic rings. The summed E-state index contributed by atoms with van der Waals surface area (Å²) in [7, 11) is 0. The summed E-state index contributed by atoms with van der Waals surface area (Å²) >= 11 is 5.84. The van der Waals surface area contributed by atoms with E-state index in [4.69, 9.17) is 16.3 Å². The Morgan fingerprint density at radius 3 is 2.28 bits per heavy atom. The Balaban J connectivity index is 1.63. The van der Waals surface area contributed by atoms with Crippen molar-refractivity contribution in [3.8, 4) is 0 Å². The molecule has 0 bridgehead atoms. The van der Waals surface area contributed by atoms with Crippen LogP contribution in [0.25, 0.3) is 0 Å². The zero-order valence-corrected chi connectivity index (χ0v) is 17.4. The van der Waals surface area contributed by atoms with E-state index in [-0.39, 0.29) is 18.4 Å². The van der Waals surface area contributed by atoms with Crippen molar-refractivity contribution >= 4 is 29.3 Å². The van der Waals surface area contributed by atoms with Crippen molar-refractivity contribution in [2.75, 3.05) is 18.4 Å². The van der Waals surface area contributed by atoms with Crippen LogP contribution >= 0.6 is 11.6 Å². The van der Waals surface area contributed by atoms with Gasteiger partial charge in [-0.25, -0.2) is 4.79 Å². The van der Waals surface area contributed by atoms with Gasteiger partial charge < -0.3 is 20.1 Å². The molecule has 0 aliphatic carbocycles. The Morgan fingerprint density at radius 2 is 1.69 bits per heavy atom. The molecule has 3 rings (SSSR count). The first kappa shape index (κ1) is 21.1. The van der Waals surface area contributed by atoms with Gasteiger partial charge in [-0.2, -0.15) is 0 Å². The highest BCUT2D eigenvalue weighted by Gasteiger charge is 2.36. The summed E-state index contributed by atoms with van der Waals surface area (Å²) in [5.41, 5.74) is 1.47. The lowest BCUT2D eigenvalue weighted by atomic mass is 9.96. The number of carbonyl (C=O) groups excluding carboxylic acids is 2. The highest BCUT2D eigenvalue weighted by molar-refractivity contribution is 6.30. The van der Waals surface area contributed by atoms with E-state index in [9.17, 15) is 14.7 Å². The van der Waals surface area contributed by atoms with Crippen molar-refractivity contribution in [1.29, 1.82) is 0 Å². The maximum absolute atomic E-state index is 12.3. The van der Waals surface area contributed by atoms with Crippen LogP contribution in [0.3, 0.4) is 0 Å². The number of anilines is 1. The predicted octanol–water partition coefficient (Wildman–Crippen LogP) is 4.29. The molecule has 1 fully saturated rings. The van der Waals surface area contributed by atoms with Crippen LogP contribution in [0, 0.1) is 0 Å². The van der Waals surface area contributed by atoms with E-state index in [1.54, 1.807) is 36.4 Å². The molecule has 6 nitrogen and oxygen atoms in total. The fourth-order valence-corrected chi connectivity index (χ4v) is 3.33. The molecule has 2 N–H and O–H groups in total. The normalized spacial score (nSPS) is 19.1. The highest BCUT2D eigenvalue weighted by Crippen LogP contribution is 2.29. The molecular weight excluding hydrogens is 392 g/mol. The van der Waals surface area contributed by atoms with Crippen molar-refractivity contribution in [3.05, 3.63) is 64.7 Å². The Morgan fingerprint density at radius 1 is 1.07 bits per heavy atom. The molecule has 2 atom stereocenters. The molecule has 154 valence electrons. The van der Waals surface area contributed by atoms with Crippen LogP contribution in [0.5, 0.6) is 0 Å². The second kappa shape index (κ2) is 8.43. The minimum Gasteiger partial charge on any atom is -0.444 e. The van der Waals surface area contributed by atoms with Gasteiger partial charge in [0.05, 0.1) is 12.6 Å². The summed E-state index contributed by atoms with van der Waals surface area (Å²) < 4.78 is 5.39. The Bertz CT molecular complexity index is 875. The molecule has 29 heavy (non-hydrogen) atoms. The molecule has 0 spiro atoms. The van der Waals surface area contributed by atoms with Crippen LogP contribution in [-0.2, 0) is 4.74 Å². The molecule has 1 heterocycles. The lowest BCUT2D eigenvalue weighted by Crippen LogP contribution is -2.35. The second-order valence-corrected chi connectivity index (χ2v) is 8.58. The average Bonchev–Trinajstić information content (AvgIpc) is 3.03. The number of nitrogens with zero attached hydrogens (tertiary/aromatic N) is 1. The smallest absolute Gasteiger partial charge is 0.410 e. The summed E-state index contributed by atoms with van der Waals surface area (Å²) in [4.78, 5) is 26.1. The van der Waals surface area contributed by atoms with Crippen molar-refractivity contribution in [3.63, 3.8) is 0 Å². The quantitative estimate of drug-likeness (QED) is 0.782. The number of aliphatic hydroxyl groups excluding tert-OH is 1. The number of hydrogen-bond donors (Lipinski definition) is 2. The number of carbonyl (C=O) groups is 2. The number of halogens is 1. The lowest BCUT2D eigenvalue weighted by molar-refractivity contribution is 0.0270. The number of benzene rings is 2. The third-order valence-corrected chi connectivity index (χ3v) is 4.90. The number of nitrogens with one attached hydrogen (secondary N) is 1. The minimum atomic E-state index is -0.669. The third kappa shape index (κ3) is 5.49. The van der Waals surface area contributed by atoms with Crippen LogP contribution in [0.2, 0.25) is 5.02 Å². The van der Waals surface area contributed by atoms with E-state index in [1.807, 2.05) is 32.9 Å². The fraction of sp³-hybridized carbons (Fsp3) is 0.364. The van der Waals surface area contributed by atoms with Gasteiger partial charge >= 0.3 is 6.09 Å². The number of ether oxygens (including phenoxy) is 1. The van der Waals surface area contributed by atoms with E-state index < -0.39 is 17.8 Å². The molecule has 7 heteroatoms. The number of aliphatic hydroxyl groups is 1. The van der Waals surface area contributed by atoms with Gasteiger partial charge in [0, 0.05) is 28.7 Å². The molecule has 1 saturated heterocycles. The van der Waals surface area contributed by atoms with Crippen molar-refractivity contribution < 1.29 is 19.4 Å². The molecule has 0 saturated carbocycles. The Kier molecular flexibility index (Phi) is 6.15. The first-order valence-corrected chi connectivity index (χ1v) is 9.83. The van der Waals surface area contributed by atoms with Gasteiger partial charge in [0.1, 0.15) is 5.60 Å². The number of hydrogen-bond acceptors (Lipinski definition) is 4. The van der Waals surface area contributed by atoms with Gasteiger partial charge in [-0.15, -0.1) is 0 Å². The lowest BCUT2D eigenvalue weighted by Gasteiger charge is -2.24. The number of amides is 2. The Hall–Kier alpha value is -2.57. The Labute approximate surface area is 175 Å². The van der Waals surface area contributed by atoms with Gasteiger partial charge in [0.25, 0.3) is 5.91 Å². The van der Waals surface area contributed by atoms with Crippen LogP contribution in [-0.4, -0.2) is 46.8 Å². The van der Waals surface area contributed by atoms with Crippen molar-refractivity contribution in [2.24, 2.45) is 0 Å². The van der Waals surface area contributed by atoms with Crippen LogP contribution < -0.4 is 5.32 Å². The van der Waals surface area contributed by atoms with E-state index in [2.05, 4.69) is 5.32 Å². The number of rotatable bonds is 3. The first-order valence-electron chi connectivity index (χ1n) is 9.45. The number of likely N-dealkylation sites (tertiary alicyclic amines) is 1. The summed E-state index contributed by atoms with van der Waals surface area (Å²) in [6.07, 6.45) is -1.09.